The Kier molecular flexibility index (Phi) is 4.81. The van der Waals surface area contributed by atoms with E-state index in [1.165, 1.54) is 7.11 Å². The fraction of sp³-hybridized carbons (Fsp3) is 0.0714. The van der Waals surface area contributed by atoms with Crippen molar-refractivity contribution in [3.8, 4) is 5.75 Å². The van der Waals surface area contributed by atoms with E-state index in [1.807, 2.05) is 0 Å². The number of halogens is 4. The predicted octanol–water partition coefficient (Wildman–Crippen LogP) is 4.06. The van der Waals surface area contributed by atoms with Crippen molar-refractivity contribution >= 4 is 28.7 Å². The minimum Gasteiger partial charge on any atom is -0.495 e. The zero-order valence-electron chi connectivity index (χ0n) is 11.2. The number of benzene rings is 2. The lowest BCUT2D eigenvalue weighted by atomic mass is 10.2. The van der Waals surface area contributed by atoms with Gasteiger partial charge in [0.2, 0.25) is 0 Å². The third kappa shape index (κ3) is 3.28. The van der Waals surface area contributed by atoms with E-state index in [-0.39, 0.29) is 11.2 Å². The Bertz CT molecular complexity index is 698. The average molecular weight is 330 g/mol. The summed E-state index contributed by atoms with van der Waals surface area (Å²) in [6.07, 6.45) is 0. The molecule has 8 heteroatoms. The van der Waals surface area contributed by atoms with Crippen LogP contribution in [0.25, 0.3) is 0 Å². The molecule has 2 aromatic rings. The van der Waals surface area contributed by atoms with Crippen molar-refractivity contribution in [2.24, 2.45) is 0 Å². The van der Waals surface area contributed by atoms with Crippen molar-refractivity contribution in [2.45, 2.75) is 0 Å². The Labute approximate surface area is 128 Å². The van der Waals surface area contributed by atoms with Crippen LogP contribution in [0.1, 0.15) is 0 Å². The van der Waals surface area contributed by atoms with Gasteiger partial charge < -0.3 is 15.4 Å². The lowest BCUT2D eigenvalue weighted by Gasteiger charge is -2.14. The van der Waals surface area contributed by atoms with E-state index in [9.17, 15) is 17.6 Å². The van der Waals surface area contributed by atoms with Gasteiger partial charge in [-0.05, 0) is 24.4 Å². The molecule has 116 valence electrons. The number of hydrogen-bond donors (Lipinski definition) is 2. The van der Waals surface area contributed by atoms with Crippen molar-refractivity contribution < 1.29 is 22.3 Å². The normalized spacial score (nSPS) is 10.2. The highest BCUT2D eigenvalue weighted by atomic mass is 32.1. The molecule has 0 heterocycles. The van der Waals surface area contributed by atoms with Gasteiger partial charge in [-0.2, -0.15) is 0 Å². The maximum atomic E-state index is 13.5. The molecule has 2 N–H and O–H groups in total. The molecule has 0 aliphatic heterocycles. The molecule has 2 aromatic carbocycles. The van der Waals surface area contributed by atoms with Gasteiger partial charge >= 0.3 is 0 Å². The molecule has 0 bridgehead atoms. The second-order valence-corrected chi connectivity index (χ2v) is 4.53. The number of rotatable bonds is 3. The third-order valence-corrected chi connectivity index (χ3v) is 2.91. The van der Waals surface area contributed by atoms with Gasteiger partial charge in [-0.1, -0.05) is 12.1 Å². The third-order valence-electron chi connectivity index (χ3n) is 2.71. The predicted molar refractivity (Wildman–Crippen MR) is 79.1 cm³/mol. The topological polar surface area (TPSA) is 33.3 Å². The van der Waals surface area contributed by atoms with E-state index in [2.05, 4.69) is 10.6 Å². The molecule has 0 saturated heterocycles. The van der Waals surface area contributed by atoms with Gasteiger partial charge in [0.05, 0.1) is 12.8 Å². The zero-order chi connectivity index (χ0) is 16.3. The lowest BCUT2D eigenvalue weighted by Crippen LogP contribution is -2.21. The van der Waals surface area contributed by atoms with Crippen molar-refractivity contribution in [3.05, 3.63) is 53.6 Å². The van der Waals surface area contributed by atoms with Crippen LogP contribution in [-0.4, -0.2) is 12.2 Å². The zero-order valence-corrected chi connectivity index (χ0v) is 12.0. The van der Waals surface area contributed by atoms with Crippen molar-refractivity contribution in [3.63, 3.8) is 0 Å². The summed E-state index contributed by atoms with van der Waals surface area (Å²) in [5, 5.41) is 4.46. The Morgan fingerprint density at radius 2 is 1.59 bits per heavy atom. The summed E-state index contributed by atoms with van der Waals surface area (Å²) in [5.74, 6) is -5.76. The van der Waals surface area contributed by atoms with Crippen LogP contribution >= 0.6 is 12.2 Å². The van der Waals surface area contributed by atoms with E-state index >= 15 is 0 Å². The highest BCUT2D eigenvalue weighted by Crippen LogP contribution is 2.26. The van der Waals surface area contributed by atoms with Crippen LogP contribution in [-0.2, 0) is 0 Å². The Morgan fingerprint density at radius 1 is 1.00 bits per heavy atom. The number of ether oxygens (including phenoxy) is 1. The SMILES string of the molecule is COc1ccccc1NC(=S)Nc1c(F)c(F)cc(F)c1F. The molecular formula is C14H10F4N2OS. The van der Waals surface area contributed by atoms with Crippen LogP contribution in [0.2, 0.25) is 0 Å². The molecule has 0 atom stereocenters. The van der Waals surface area contributed by atoms with Gasteiger partial charge in [-0.15, -0.1) is 0 Å². The Balaban J connectivity index is 2.23. The number of nitrogens with one attached hydrogen (secondary N) is 2. The fourth-order valence-electron chi connectivity index (χ4n) is 1.70. The molecule has 0 amide bonds. The molecule has 0 fully saturated rings. The molecule has 3 nitrogen and oxygen atoms in total. The van der Waals surface area contributed by atoms with Crippen LogP contribution in [0.15, 0.2) is 30.3 Å². The Hall–Kier alpha value is -2.35. The van der Waals surface area contributed by atoms with Crippen LogP contribution in [0.5, 0.6) is 5.75 Å². The molecular weight excluding hydrogens is 320 g/mol. The van der Waals surface area contributed by atoms with Gasteiger partial charge in [-0.25, -0.2) is 17.6 Å². The highest BCUT2D eigenvalue weighted by molar-refractivity contribution is 7.80. The lowest BCUT2D eigenvalue weighted by molar-refractivity contribution is 0.417. The van der Waals surface area contributed by atoms with E-state index in [0.29, 0.717) is 11.4 Å². The maximum absolute atomic E-state index is 13.5. The first-order chi connectivity index (χ1) is 10.4. The van der Waals surface area contributed by atoms with Gasteiger partial charge in [0.1, 0.15) is 11.4 Å². The molecule has 0 radical (unpaired) electrons. The van der Waals surface area contributed by atoms with Gasteiger partial charge in [0.15, 0.2) is 28.4 Å². The highest BCUT2D eigenvalue weighted by Gasteiger charge is 2.20. The van der Waals surface area contributed by atoms with Crippen LogP contribution in [0.4, 0.5) is 28.9 Å². The van der Waals surface area contributed by atoms with E-state index < -0.39 is 29.0 Å². The molecule has 2 rings (SSSR count). The standard InChI is InChI=1S/C14H10F4N2OS/c1-21-10-5-3-2-4-9(10)19-14(22)20-13-11(17)7(15)6-8(16)12(13)18/h2-6H,1H3,(H2,19,20,22). The van der Waals surface area contributed by atoms with Gasteiger partial charge in [-0.3, -0.25) is 0 Å². The first-order valence-corrected chi connectivity index (χ1v) is 6.39. The first kappa shape index (κ1) is 16.0. The van der Waals surface area contributed by atoms with Crippen molar-refractivity contribution in [1.29, 1.82) is 0 Å². The van der Waals surface area contributed by atoms with E-state index in [1.54, 1.807) is 24.3 Å². The van der Waals surface area contributed by atoms with Crippen LogP contribution < -0.4 is 15.4 Å². The maximum Gasteiger partial charge on any atom is 0.185 e. The molecule has 0 unspecified atom stereocenters. The first-order valence-electron chi connectivity index (χ1n) is 5.98. The smallest absolute Gasteiger partial charge is 0.185 e. The second kappa shape index (κ2) is 6.61. The molecule has 22 heavy (non-hydrogen) atoms. The van der Waals surface area contributed by atoms with Gasteiger partial charge in [0.25, 0.3) is 0 Å². The number of para-hydroxylation sites is 2. The second-order valence-electron chi connectivity index (χ2n) is 4.12. The van der Waals surface area contributed by atoms with Crippen LogP contribution in [0, 0.1) is 23.3 Å². The summed E-state index contributed by atoms with van der Waals surface area (Å²) in [7, 11) is 1.43. The summed E-state index contributed by atoms with van der Waals surface area (Å²) >= 11 is 4.88. The molecule has 0 aliphatic rings. The molecule has 0 aromatic heterocycles. The minimum absolute atomic E-state index is 0.118. The number of anilines is 2. The van der Waals surface area contributed by atoms with E-state index in [0.717, 1.165) is 0 Å². The number of hydrogen-bond acceptors (Lipinski definition) is 2. The number of thiocarbonyl (C=S) groups is 1. The number of methoxy groups -OCH3 is 1. The summed E-state index contributed by atoms with van der Waals surface area (Å²) in [6.45, 7) is 0. The van der Waals surface area contributed by atoms with Gasteiger partial charge in [0, 0.05) is 6.07 Å². The Morgan fingerprint density at radius 3 is 2.18 bits per heavy atom. The van der Waals surface area contributed by atoms with Crippen LogP contribution in [0.3, 0.4) is 0 Å². The largest absolute Gasteiger partial charge is 0.495 e. The monoisotopic (exact) mass is 330 g/mol. The summed E-state index contributed by atoms with van der Waals surface area (Å²) in [4.78, 5) is 0. The molecule has 0 aliphatic carbocycles. The fourth-order valence-corrected chi connectivity index (χ4v) is 1.91. The molecule has 0 spiro atoms. The van der Waals surface area contributed by atoms with Crippen molar-refractivity contribution in [2.75, 3.05) is 17.7 Å². The quantitative estimate of drug-likeness (QED) is 0.505. The summed E-state index contributed by atoms with van der Waals surface area (Å²) < 4.78 is 58.3. The van der Waals surface area contributed by atoms with Crippen molar-refractivity contribution in [1.82, 2.24) is 0 Å². The average Bonchev–Trinajstić information content (AvgIpc) is 2.50. The van der Waals surface area contributed by atoms with E-state index in [4.69, 9.17) is 17.0 Å². The summed E-state index contributed by atoms with van der Waals surface area (Å²) in [6, 6.07) is 6.74. The minimum atomic E-state index is -1.57. The molecule has 0 saturated carbocycles. The summed E-state index contributed by atoms with van der Waals surface area (Å²) in [5.41, 5.74) is -0.593.